The molecule has 3 aromatic carbocycles. The van der Waals surface area contributed by atoms with Gasteiger partial charge in [-0.25, -0.2) is 9.59 Å². The van der Waals surface area contributed by atoms with Crippen LogP contribution in [0.25, 0.3) is 0 Å². The number of esters is 1. The van der Waals surface area contributed by atoms with Gasteiger partial charge in [0.2, 0.25) is 0 Å². The Morgan fingerprint density at radius 1 is 1.05 bits per heavy atom. The molecule has 0 unspecified atom stereocenters. The van der Waals surface area contributed by atoms with Crippen LogP contribution >= 0.6 is 23.2 Å². The summed E-state index contributed by atoms with van der Waals surface area (Å²) in [6, 6.07) is 16.2. The number of carbonyl (C=O) groups is 2. The summed E-state index contributed by atoms with van der Waals surface area (Å²) in [4.78, 5) is 24.6. The van der Waals surface area contributed by atoms with Crippen molar-refractivity contribution in [1.82, 2.24) is 16.1 Å². The lowest BCUT2D eigenvalue weighted by atomic mass is 9.95. The van der Waals surface area contributed by atoms with Gasteiger partial charge < -0.3 is 34.7 Å². The predicted molar refractivity (Wildman–Crippen MR) is 166 cm³/mol. The van der Waals surface area contributed by atoms with Gasteiger partial charge in [0.15, 0.2) is 17.7 Å². The molecule has 13 heteroatoms. The SMILES string of the molecule is CCOc1cc([C@@H]2NC(=O)NC(C)=C2C(=O)OC)ccc1OC[C@@H](O)N/N=C/c1cc(Cl)ccc1OCc1cccc(Cl)c1. The monoisotopic (exact) mass is 642 g/mol. The van der Waals surface area contributed by atoms with Gasteiger partial charge in [0.25, 0.3) is 0 Å². The molecule has 232 valence electrons. The number of rotatable bonds is 13. The fourth-order valence-corrected chi connectivity index (χ4v) is 4.75. The summed E-state index contributed by atoms with van der Waals surface area (Å²) in [6.45, 7) is 3.86. The molecule has 0 saturated heterocycles. The number of aliphatic hydroxyl groups is 1. The normalized spacial score (nSPS) is 15.3. The van der Waals surface area contributed by atoms with Gasteiger partial charge in [0, 0.05) is 21.3 Å². The topological polar surface area (TPSA) is 140 Å². The number of nitrogens with zero attached hydrogens (tertiary/aromatic N) is 1. The first kappa shape index (κ1) is 32.5. The number of aliphatic hydroxyl groups excluding tert-OH is 1. The van der Waals surface area contributed by atoms with Gasteiger partial charge >= 0.3 is 12.0 Å². The fourth-order valence-electron chi connectivity index (χ4n) is 4.35. The summed E-state index contributed by atoms with van der Waals surface area (Å²) in [5.74, 6) is 0.659. The summed E-state index contributed by atoms with van der Waals surface area (Å²) >= 11 is 12.2. The molecule has 0 radical (unpaired) electrons. The average molecular weight is 644 g/mol. The molecule has 0 aliphatic carbocycles. The summed E-state index contributed by atoms with van der Waals surface area (Å²) in [7, 11) is 1.27. The molecule has 0 bridgehead atoms. The van der Waals surface area contributed by atoms with E-state index in [-0.39, 0.29) is 18.8 Å². The molecule has 2 amide bonds. The van der Waals surface area contributed by atoms with Crippen LogP contribution in [0, 0.1) is 0 Å². The zero-order valence-corrected chi connectivity index (χ0v) is 25.7. The van der Waals surface area contributed by atoms with Crippen LogP contribution in [0.3, 0.4) is 0 Å². The third-order valence-corrected chi connectivity index (χ3v) is 6.82. The van der Waals surface area contributed by atoms with Gasteiger partial charge in [-0.3, -0.25) is 5.43 Å². The van der Waals surface area contributed by atoms with Crippen LogP contribution in [0.2, 0.25) is 10.0 Å². The average Bonchev–Trinajstić information content (AvgIpc) is 2.99. The highest BCUT2D eigenvalue weighted by Crippen LogP contribution is 2.35. The van der Waals surface area contributed by atoms with E-state index in [0.29, 0.717) is 50.7 Å². The third kappa shape index (κ3) is 8.56. The van der Waals surface area contributed by atoms with Crippen LogP contribution in [0.15, 0.2) is 77.0 Å². The number of amides is 2. The highest BCUT2D eigenvalue weighted by molar-refractivity contribution is 6.31. The zero-order chi connectivity index (χ0) is 31.6. The van der Waals surface area contributed by atoms with Crippen LogP contribution in [0.5, 0.6) is 17.2 Å². The number of carbonyl (C=O) groups excluding carboxylic acids is 2. The second-order valence-electron chi connectivity index (χ2n) is 9.52. The van der Waals surface area contributed by atoms with Crippen molar-refractivity contribution in [2.24, 2.45) is 5.10 Å². The lowest BCUT2D eigenvalue weighted by Gasteiger charge is -2.28. The maximum atomic E-state index is 12.4. The van der Waals surface area contributed by atoms with E-state index in [4.69, 9.17) is 42.1 Å². The number of hydrogen-bond donors (Lipinski definition) is 4. The van der Waals surface area contributed by atoms with E-state index in [1.54, 1.807) is 56.3 Å². The van der Waals surface area contributed by atoms with E-state index in [1.807, 2.05) is 18.2 Å². The number of nitrogens with one attached hydrogen (secondary N) is 3. The molecule has 44 heavy (non-hydrogen) atoms. The summed E-state index contributed by atoms with van der Waals surface area (Å²) in [5, 5.41) is 21.0. The number of ether oxygens (including phenoxy) is 4. The number of halogens is 2. The first-order chi connectivity index (χ1) is 21.2. The summed E-state index contributed by atoms with van der Waals surface area (Å²) < 4.78 is 22.4. The van der Waals surface area contributed by atoms with Crippen molar-refractivity contribution in [2.45, 2.75) is 32.7 Å². The number of benzene rings is 3. The quantitative estimate of drug-likeness (QED) is 0.0875. The van der Waals surface area contributed by atoms with Crippen LogP contribution in [0.4, 0.5) is 4.79 Å². The Kier molecular flexibility index (Phi) is 11.3. The smallest absolute Gasteiger partial charge is 0.337 e. The second kappa shape index (κ2) is 15.3. The highest BCUT2D eigenvalue weighted by atomic mass is 35.5. The van der Waals surface area contributed by atoms with E-state index >= 15 is 0 Å². The van der Waals surface area contributed by atoms with E-state index in [2.05, 4.69) is 21.2 Å². The molecule has 11 nitrogen and oxygen atoms in total. The third-order valence-electron chi connectivity index (χ3n) is 6.35. The predicted octanol–water partition coefficient (Wildman–Crippen LogP) is 5.09. The van der Waals surface area contributed by atoms with E-state index in [9.17, 15) is 14.7 Å². The fraction of sp³-hybridized carbons (Fsp3) is 0.258. The summed E-state index contributed by atoms with van der Waals surface area (Å²) in [5.41, 5.74) is 5.33. The second-order valence-corrected chi connectivity index (χ2v) is 10.4. The van der Waals surface area contributed by atoms with Gasteiger partial charge in [-0.1, -0.05) is 41.4 Å². The van der Waals surface area contributed by atoms with Gasteiger partial charge in [0.05, 0.1) is 31.5 Å². The number of hydrazone groups is 1. The maximum Gasteiger partial charge on any atom is 0.337 e. The highest BCUT2D eigenvalue weighted by Gasteiger charge is 2.32. The Balaban J connectivity index is 1.40. The Hall–Kier alpha value is -4.45. The number of methoxy groups -OCH3 is 1. The Labute approximate surface area is 264 Å². The zero-order valence-electron chi connectivity index (χ0n) is 24.2. The molecule has 2 atom stereocenters. The van der Waals surface area contributed by atoms with E-state index in [1.165, 1.54) is 13.3 Å². The molecule has 0 spiro atoms. The lowest BCUT2D eigenvalue weighted by molar-refractivity contribution is -0.136. The van der Waals surface area contributed by atoms with Crippen molar-refractivity contribution in [1.29, 1.82) is 0 Å². The first-order valence-corrected chi connectivity index (χ1v) is 14.3. The van der Waals surface area contributed by atoms with Gasteiger partial charge in [0.1, 0.15) is 19.0 Å². The van der Waals surface area contributed by atoms with Crippen LogP contribution < -0.4 is 30.3 Å². The van der Waals surface area contributed by atoms with Gasteiger partial charge in [-0.2, -0.15) is 5.10 Å². The summed E-state index contributed by atoms with van der Waals surface area (Å²) in [6.07, 6.45) is 0.292. The molecule has 1 heterocycles. The number of allylic oxidation sites excluding steroid dienone is 1. The minimum Gasteiger partial charge on any atom is -0.490 e. The van der Waals surface area contributed by atoms with Crippen molar-refractivity contribution in [3.05, 3.63) is 98.7 Å². The van der Waals surface area contributed by atoms with E-state index in [0.717, 1.165) is 5.56 Å². The molecule has 4 N–H and O–H groups in total. The molecular formula is C31H32Cl2N4O7. The minimum absolute atomic E-state index is 0.180. The molecule has 3 aromatic rings. The van der Waals surface area contributed by atoms with Crippen LogP contribution in [-0.4, -0.2) is 49.9 Å². The number of urea groups is 1. The van der Waals surface area contributed by atoms with Gasteiger partial charge in [-0.05, 0) is 67.4 Å². The molecule has 0 fully saturated rings. The van der Waals surface area contributed by atoms with Crippen LogP contribution in [0.1, 0.15) is 36.6 Å². The van der Waals surface area contributed by atoms with Crippen molar-refractivity contribution >= 4 is 41.4 Å². The molecule has 0 saturated carbocycles. The van der Waals surface area contributed by atoms with E-state index < -0.39 is 24.3 Å². The van der Waals surface area contributed by atoms with Crippen molar-refractivity contribution in [3.63, 3.8) is 0 Å². The Morgan fingerprint density at radius 3 is 2.57 bits per heavy atom. The number of hydrogen-bond acceptors (Lipinski definition) is 9. The van der Waals surface area contributed by atoms with Crippen molar-refractivity contribution in [2.75, 3.05) is 20.3 Å². The maximum absolute atomic E-state index is 12.4. The first-order valence-electron chi connectivity index (χ1n) is 13.6. The Bertz CT molecular complexity index is 1560. The van der Waals surface area contributed by atoms with Crippen LogP contribution in [-0.2, 0) is 16.1 Å². The Morgan fingerprint density at radius 2 is 1.82 bits per heavy atom. The standard InChI is InChI=1S/C31H32Cl2N4O7/c1-4-42-26-14-20(29-28(30(39)41-3)18(2)35-31(40)36-29)8-10-25(26)44-17-27(38)37-34-15-21-13-23(33)9-11-24(21)43-16-19-6-5-7-22(32)12-19/h5-15,27,29,37-38H,4,16-17H2,1-3H3,(H2,35,36,40)/b34-15+/t27-,29+/m1/s1. The van der Waals surface area contributed by atoms with Crippen molar-refractivity contribution < 1.29 is 33.6 Å². The minimum atomic E-state index is -1.18. The van der Waals surface area contributed by atoms with Gasteiger partial charge in [-0.15, -0.1) is 0 Å². The molecule has 1 aliphatic heterocycles. The van der Waals surface area contributed by atoms with Crippen molar-refractivity contribution in [3.8, 4) is 17.2 Å². The molecule has 0 aromatic heterocycles. The molecular weight excluding hydrogens is 611 g/mol. The largest absolute Gasteiger partial charge is 0.490 e. The lowest BCUT2D eigenvalue weighted by Crippen LogP contribution is -2.45. The molecule has 1 aliphatic rings. The molecule has 4 rings (SSSR count).